The minimum absolute atomic E-state index is 0. The Balaban J connectivity index is 0.00000196. The number of hydrogen-bond acceptors (Lipinski definition) is 3. The molecule has 0 N–H and O–H groups in total. The number of nitrogens with zero attached hydrogens (tertiary/aromatic N) is 1. The van der Waals surface area contributed by atoms with E-state index < -0.39 is 0 Å². The Kier molecular flexibility index (Phi) is 6.22. The maximum absolute atomic E-state index is 5.26. The van der Waals surface area contributed by atoms with Crippen molar-refractivity contribution in [1.29, 1.82) is 0 Å². The summed E-state index contributed by atoms with van der Waals surface area (Å²) in [5, 5.41) is 0. The van der Waals surface area contributed by atoms with Crippen LogP contribution in [0, 0.1) is 20.3 Å². The Hall–Kier alpha value is -0.276. The third-order valence-corrected chi connectivity index (χ3v) is 2.28. The van der Waals surface area contributed by atoms with E-state index in [1.54, 1.807) is 14.2 Å². The second kappa shape index (κ2) is 6.34. The summed E-state index contributed by atoms with van der Waals surface area (Å²) in [6, 6.07) is 0. The molecule has 15 heavy (non-hydrogen) atoms. The summed E-state index contributed by atoms with van der Waals surface area (Å²) in [5.74, 6) is 1.26. The van der Waals surface area contributed by atoms with E-state index in [-0.39, 0.29) is 32.7 Å². The molecule has 0 bridgehead atoms. The van der Waals surface area contributed by atoms with Crippen LogP contribution in [0.3, 0.4) is 0 Å². The van der Waals surface area contributed by atoms with Gasteiger partial charge in [0.1, 0.15) is 5.75 Å². The van der Waals surface area contributed by atoms with Crippen LogP contribution in [-0.4, -0.2) is 19.2 Å². The second-order valence-electron chi connectivity index (χ2n) is 3.07. The number of ether oxygens (including phenoxy) is 2. The Morgan fingerprint density at radius 3 is 2.13 bits per heavy atom. The van der Waals surface area contributed by atoms with Gasteiger partial charge in [-0.2, -0.15) is 12.0 Å². The fraction of sp³-hybridized carbons (Fsp3) is 0.455. The summed E-state index contributed by atoms with van der Waals surface area (Å²) in [4.78, 5) is 4.32. The Morgan fingerprint density at radius 2 is 1.73 bits per heavy atom. The largest absolute Gasteiger partial charge is 0.504 e. The molecule has 4 heteroatoms. The summed E-state index contributed by atoms with van der Waals surface area (Å²) in [6.07, 6.45) is 2.03. The molecular formula is C11H16NO2Y-. The first-order valence-electron chi connectivity index (χ1n) is 4.54. The molecule has 0 unspecified atom stereocenters. The van der Waals surface area contributed by atoms with E-state index in [4.69, 9.17) is 9.47 Å². The molecule has 0 aliphatic carbocycles. The van der Waals surface area contributed by atoms with Crippen molar-refractivity contribution >= 4 is 0 Å². The molecule has 1 aromatic rings. The zero-order valence-corrected chi connectivity index (χ0v) is 12.8. The van der Waals surface area contributed by atoms with Crippen molar-refractivity contribution in [2.45, 2.75) is 20.8 Å². The summed E-state index contributed by atoms with van der Waals surface area (Å²) >= 11 is 0. The molecular weight excluding hydrogens is 267 g/mol. The van der Waals surface area contributed by atoms with Gasteiger partial charge in [-0.3, -0.25) is 4.98 Å². The van der Waals surface area contributed by atoms with Gasteiger partial charge in [0.2, 0.25) is 5.88 Å². The molecule has 81 valence electrons. The van der Waals surface area contributed by atoms with Crippen molar-refractivity contribution in [2.24, 2.45) is 0 Å². The number of pyridine rings is 1. The van der Waals surface area contributed by atoms with Crippen LogP contribution in [0.5, 0.6) is 11.6 Å². The Labute approximate surface area is 116 Å². The van der Waals surface area contributed by atoms with Gasteiger partial charge in [-0.25, -0.2) is 0 Å². The molecule has 1 rings (SSSR count). The van der Waals surface area contributed by atoms with E-state index in [2.05, 4.69) is 4.98 Å². The zero-order valence-electron chi connectivity index (χ0n) is 9.92. The van der Waals surface area contributed by atoms with Crippen LogP contribution in [0.2, 0.25) is 0 Å². The van der Waals surface area contributed by atoms with Crippen molar-refractivity contribution in [1.82, 2.24) is 4.98 Å². The fourth-order valence-electron chi connectivity index (χ4n) is 1.62. The van der Waals surface area contributed by atoms with Crippen molar-refractivity contribution in [2.75, 3.05) is 14.2 Å². The van der Waals surface area contributed by atoms with E-state index in [1.807, 2.05) is 27.2 Å². The number of aryl methyl sites for hydroxylation is 1. The maximum Gasteiger partial charge on any atom is 0.231 e. The maximum atomic E-state index is 5.26. The fourth-order valence-corrected chi connectivity index (χ4v) is 1.62. The third-order valence-electron chi connectivity index (χ3n) is 2.28. The van der Waals surface area contributed by atoms with E-state index in [9.17, 15) is 0 Å². The molecule has 0 saturated heterocycles. The van der Waals surface area contributed by atoms with E-state index in [1.165, 1.54) is 0 Å². The minimum Gasteiger partial charge on any atom is -0.504 e. The summed E-state index contributed by atoms with van der Waals surface area (Å²) in [7, 11) is 3.22. The molecule has 0 saturated carbocycles. The quantitative estimate of drug-likeness (QED) is 0.798. The number of aromatic nitrogens is 1. The molecule has 0 fully saturated rings. The van der Waals surface area contributed by atoms with Crippen LogP contribution in [0.4, 0.5) is 0 Å². The van der Waals surface area contributed by atoms with Crippen molar-refractivity contribution in [3.63, 3.8) is 0 Å². The Morgan fingerprint density at radius 1 is 1.13 bits per heavy atom. The first-order valence-corrected chi connectivity index (χ1v) is 4.54. The normalized spacial score (nSPS) is 9.13. The molecule has 0 atom stereocenters. The molecule has 0 aromatic carbocycles. The number of hydrogen-bond donors (Lipinski definition) is 0. The van der Waals surface area contributed by atoms with Gasteiger partial charge in [-0.1, -0.05) is 26.5 Å². The SMILES string of the molecule is C[CH-]c1c(C)nc(OC)c(OC)c1C.[Y]. The van der Waals surface area contributed by atoms with Crippen molar-refractivity contribution in [3.05, 3.63) is 23.2 Å². The molecule has 0 amide bonds. The second-order valence-corrected chi connectivity index (χ2v) is 3.07. The molecule has 1 heterocycles. The van der Waals surface area contributed by atoms with Gasteiger partial charge in [0.05, 0.1) is 14.2 Å². The van der Waals surface area contributed by atoms with Crippen molar-refractivity contribution in [3.8, 4) is 11.6 Å². The van der Waals surface area contributed by atoms with E-state index in [0.29, 0.717) is 11.6 Å². The minimum atomic E-state index is 0. The van der Waals surface area contributed by atoms with Gasteiger partial charge in [0, 0.05) is 32.7 Å². The van der Waals surface area contributed by atoms with Crippen LogP contribution in [0.1, 0.15) is 23.7 Å². The summed E-state index contributed by atoms with van der Waals surface area (Å²) < 4.78 is 10.4. The van der Waals surface area contributed by atoms with Gasteiger partial charge in [0.25, 0.3) is 0 Å². The monoisotopic (exact) mass is 283 g/mol. The summed E-state index contributed by atoms with van der Waals surface area (Å²) in [6.45, 7) is 5.96. The number of methoxy groups -OCH3 is 2. The predicted octanol–water partition coefficient (Wildman–Crippen LogP) is 2.29. The molecule has 0 spiro atoms. The molecule has 0 aliphatic rings. The average molecular weight is 283 g/mol. The smallest absolute Gasteiger partial charge is 0.231 e. The standard InChI is InChI=1S/C11H16NO2.Y/c1-6-9-7(2)10(13-4)11(14-5)12-8(9)3;/h6H,1-5H3;/q-1;. The van der Waals surface area contributed by atoms with E-state index in [0.717, 1.165) is 16.8 Å². The van der Waals surface area contributed by atoms with Gasteiger partial charge < -0.3 is 9.47 Å². The van der Waals surface area contributed by atoms with Crippen LogP contribution < -0.4 is 9.47 Å². The first kappa shape index (κ1) is 14.7. The number of rotatable bonds is 3. The molecule has 3 nitrogen and oxygen atoms in total. The van der Waals surface area contributed by atoms with Crippen LogP contribution in [0.25, 0.3) is 0 Å². The first-order chi connectivity index (χ1) is 6.65. The van der Waals surface area contributed by atoms with Crippen LogP contribution in [0.15, 0.2) is 0 Å². The van der Waals surface area contributed by atoms with Gasteiger partial charge in [0.15, 0.2) is 0 Å². The zero-order chi connectivity index (χ0) is 10.7. The van der Waals surface area contributed by atoms with Crippen LogP contribution in [-0.2, 0) is 32.7 Å². The van der Waals surface area contributed by atoms with Crippen LogP contribution >= 0.6 is 0 Å². The Bertz CT molecular complexity index is 340. The topological polar surface area (TPSA) is 31.4 Å². The predicted molar refractivity (Wildman–Crippen MR) is 55.9 cm³/mol. The van der Waals surface area contributed by atoms with Gasteiger partial charge in [-0.05, 0) is 0 Å². The summed E-state index contributed by atoms with van der Waals surface area (Å²) in [5.41, 5.74) is 3.14. The molecule has 1 aromatic heterocycles. The van der Waals surface area contributed by atoms with E-state index >= 15 is 0 Å². The average Bonchev–Trinajstić information content (AvgIpc) is 2.17. The van der Waals surface area contributed by atoms with Crippen molar-refractivity contribution < 1.29 is 42.2 Å². The molecule has 0 aliphatic heterocycles. The van der Waals surface area contributed by atoms with Gasteiger partial charge >= 0.3 is 0 Å². The third kappa shape index (κ3) is 2.85. The molecule has 1 radical (unpaired) electrons. The van der Waals surface area contributed by atoms with Gasteiger partial charge in [-0.15, -0.1) is 5.56 Å².